The fourth-order valence-electron chi connectivity index (χ4n) is 3.05. The van der Waals surface area contributed by atoms with Gasteiger partial charge in [-0.1, -0.05) is 30.3 Å². The Bertz CT molecular complexity index is 1090. The minimum Gasteiger partial charge on any atom is -0.497 e. The van der Waals surface area contributed by atoms with Gasteiger partial charge in [0, 0.05) is 24.7 Å². The molecule has 4 rings (SSSR count). The van der Waals surface area contributed by atoms with Gasteiger partial charge in [0.1, 0.15) is 28.7 Å². The van der Waals surface area contributed by atoms with Crippen LogP contribution in [0.25, 0.3) is 22.4 Å². The number of nitrogens with zero attached hydrogens (tertiary/aromatic N) is 3. The highest BCUT2D eigenvalue weighted by atomic mass is 16.5. The predicted molar refractivity (Wildman–Crippen MR) is 107 cm³/mol. The fourth-order valence-corrected chi connectivity index (χ4v) is 3.05. The number of benzene rings is 2. The van der Waals surface area contributed by atoms with E-state index in [-0.39, 0.29) is 0 Å². The van der Waals surface area contributed by atoms with Crippen molar-refractivity contribution in [3.8, 4) is 22.9 Å². The summed E-state index contributed by atoms with van der Waals surface area (Å²) in [5.41, 5.74) is 3.74. The molecular weight excluding hydrogens is 340 g/mol. The molecule has 6 heteroatoms. The molecule has 0 atom stereocenters. The number of aryl methyl sites for hydroxylation is 1. The molecule has 0 aliphatic rings. The van der Waals surface area contributed by atoms with Crippen LogP contribution in [0.2, 0.25) is 0 Å². The van der Waals surface area contributed by atoms with Gasteiger partial charge in [0.25, 0.3) is 0 Å². The van der Waals surface area contributed by atoms with Gasteiger partial charge in [0.05, 0.1) is 31.6 Å². The molecule has 6 nitrogen and oxygen atoms in total. The third-order valence-electron chi connectivity index (χ3n) is 4.47. The Kier molecular flexibility index (Phi) is 4.38. The Morgan fingerprint density at radius 2 is 1.78 bits per heavy atom. The Hall–Kier alpha value is -3.54. The van der Waals surface area contributed by atoms with Crippen LogP contribution in [0.1, 0.15) is 0 Å². The van der Waals surface area contributed by atoms with Crippen molar-refractivity contribution in [2.45, 2.75) is 0 Å². The largest absolute Gasteiger partial charge is 0.497 e. The molecule has 1 N–H and O–H groups in total. The highest BCUT2D eigenvalue weighted by Crippen LogP contribution is 2.32. The summed E-state index contributed by atoms with van der Waals surface area (Å²) in [5, 5.41) is 3.31. The van der Waals surface area contributed by atoms with E-state index < -0.39 is 0 Å². The molecule has 0 fully saturated rings. The summed E-state index contributed by atoms with van der Waals surface area (Å²) in [6, 6.07) is 17.7. The Labute approximate surface area is 157 Å². The van der Waals surface area contributed by atoms with Crippen molar-refractivity contribution < 1.29 is 9.47 Å². The Balaban J connectivity index is 1.71. The average Bonchev–Trinajstić information content (AvgIpc) is 3.05. The maximum absolute atomic E-state index is 5.45. The summed E-state index contributed by atoms with van der Waals surface area (Å²) in [6.45, 7) is 0. The SMILES string of the molecule is COc1ccc(Nc2cc3c(cn2)nc(-c2ccccc2)n3C)c(OC)c1. The fraction of sp³-hybridized carbons (Fsp3) is 0.143. The van der Waals surface area contributed by atoms with Gasteiger partial charge in [0.15, 0.2) is 0 Å². The van der Waals surface area contributed by atoms with Gasteiger partial charge in [-0.3, -0.25) is 0 Å². The molecule has 0 spiro atoms. The van der Waals surface area contributed by atoms with E-state index in [9.17, 15) is 0 Å². The van der Waals surface area contributed by atoms with Crippen LogP contribution in [0.15, 0.2) is 60.8 Å². The van der Waals surface area contributed by atoms with E-state index in [2.05, 4.69) is 27.0 Å². The zero-order valence-corrected chi connectivity index (χ0v) is 15.4. The van der Waals surface area contributed by atoms with E-state index in [1.54, 1.807) is 20.4 Å². The van der Waals surface area contributed by atoms with Gasteiger partial charge in [-0.25, -0.2) is 9.97 Å². The minimum absolute atomic E-state index is 0.686. The molecule has 0 bridgehead atoms. The second-order valence-corrected chi connectivity index (χ2v) is 6.11. The van der Waals surface area contributed by atoms with Crippen molar-refractivity contribution in [1.29, 1.82) is 0 Å². The van der Waals surface area contributed by atoms with Crippen LogP contribution in [0.3, 0.4) is 0 Å². The molecule has 0 amide bonds. The van der Waals surface area contributed by atoms with Crippen LogP contribution in [-0.2, 0) is 7.05 Å². The molecule has 2 aromatic carbocycles. The van der Waals surface area contributed by atoms with E-state index in [0.29, 0.717) is 11.6 Å². The topological polar surface area (TPSA) is 61.2 Å². The number of aromatic nitrogens is 3. The number of hydrogen-bond acceptors (Lipinski definition) is 5. The highest BCUT2D eigenvalue weighted by Gasteiger charge is 2.12. The normalized spacial score (nSPS) is 10.8. The second-order valence-electron chi connectivity index (χ2n) is 6.11. The summed E-state index contributed by atoms with van der Waals surface area (Å²) in [4.78, 5) is 9.21. The van der Waals surface area contributed by atoms with Gasteiger partial charge < -0.3 is 19.4 Å². The smallest absolute Gasteiger partial charge is 0.146 e. The first kappa shape index (κ1) is 16.9. The van der Waals surface area contributed by atoms with Crippen LogP contribution in [0.4, 0.5) is 11.5 Å². The van der Waals surface area contributed by atoms with Gasteiger partial charge >= 0.3 is 0 Å². The van der Waals surface area contributed by atoms with Crippen LogP contribution < -0.4 is 14.8 Å². The van der Waals surface area contributed by atoms with Gasteiger partial charge in [-0.2, -0.15) is 0 Å². The minimum atomic E-state index is 0.686. The average molecular weight is 360 g/mol. The number of nitrogens with one attached hydrogen (secondary N) is 1. The number of fused-ring (bicyclic) bond motifs is 1. The standard InChI is InChI=1S/C21H20N4O2/c1-25-18-12-20(23-16-10-9-15(26-2)11-19(16)27-3)22-13-17(18)24-21(25)14-7-5-4-6-8-14/h4-13H,1-3H3,(H,22,23). The van der Waals surface area contributed by atoms with E-state index in [0.717, 1.165) is 33.9 Å². The molecule has 0 unspecified atom stereocenters. The number of methoxy groups -OCH3 is 2. The maximum atomic E-state index is 5.45. The first-order valence-electron chi connectivity index (χ1n) is 8.56. The van der Waals surface area contributed by atoms with Crippen LogP contribution in [-0.4, -0.2) is 28.8 Å². The molecule has 4 aromatic rings. The van der Waals surface area contributed by atoms with E-state index >= 15 is 0 Å². The van der Waals surface area contributed by atoms with E-state index in [1.165, 1.54) is 0 Å². The lowest BCUT2D eigenvalue weighted by atomic mass is 10.2. The van der Waals surface area contributed by atoms with E-state index in [1.807, 2.05) is 49.5 Å². The summed E-state index contributed by atoms with van der Waals surface area (Å²) >= 11 is 0. The Morgan fingerprint density at radius 3 is 2.52 bits per heavy atom. The lowest BCUT2D eigenvalue weighted by Crippen LogP contribution is -1.98. The Morgan fingerprint density at radius 1 is 0.963 bits per heavy atom. The molecular formula is C21H20N4O2. The molecule has 27 heavy (non-hydrogen) atoms. The van der Waals surface area contributed by atoms with Crippen LogP contribution in [0.5, 0.6) is 11.5 Å². The van der Waals surface area contributed by atoms with Gasteiger partial charge in [-0.05, 0) is 12.1 Å². The first-order valence-corrected chi connectivity index (χ1v) is 8.56. The first-order chi connectivity index (χ1) is 13.2. The van der Waals surface area contributed by atoms with Gasteiger partial charge in [0.2, 0.25) is 0 Å². The molecule has 136 valence electrons. The van der Waals surface area contributed by atoms with Gasteiger partial charge in [-0.15, -0.1) is 0 Å². The van der Waals surface area contributed by atoms with Crippen molar-refractivity contribution in [2.75, 3.05) is 19.5 Å². The van der Waals surface area contributed by atoms with Crippen molar-refractivity contribution >= 4 is 22.5 Å². The quantitative estimate of drug-likeness (QED) is 0.572. The van der Waals surface area contributed by atoms with Crippen LogP contribution in [0, 0.1) is 0 Å². The number of pyridine rings is 1. The number of imidazole rings is 1. The summed E-state index contributed by atoms with van der Waals surface area (Å²) in [5.74, 6) is 3.05. The lowest BCUT2D eigenvalue weighted by Gasteiger charge is -2.12. The zero-order valence-electron chi connectivity index (χ0n) is 15.4. The van der Waals surface area contributed by atoms with Crippen molar-refractivity contribution in [1.82, 2.24) is 14.5 Å². The summed E-state index contributed by atoms with van der Waals surface area (Å²) in [7, 11) is 5.27. The number of rotatable bonds is 5. The molecule has 0 aliphatic carbocycles. The summed E-state index contributed by atoms with van der Waals surface area (Å²) < 4.78 is 12.8. The maximum Gasteiger partial charge on any atom is 0.146 e. The monoisotopic (exact) mass is 360 g/mol. The molecule has 2 aromatic heterocycles. The third kappa shape index (κ3) is 3.17. The highest BCUT2D eigenvalue weighted by molar-refractivity contribution is 5.83. The molecule has 0 saturated heterocycles. The zero-order chi connectivity index (χ0) is 18.8. The molecule has 0 aliphatic heterocycles. The molecule has 0 saturated carbocycles. The molecule has 0 radical (unpaired) electrons. The second kappa shape index (κ2) is 6.99. The van der Waals surface area contributed by atoms with Crippen molar-refractivity contribution in [2.24, 2.45) is 7.05 Å². The number of ether oxygens (including phenoxy) is 2. The lowest BCUT2D eigenvalue weighted by molar-refractivity contribution is 0.395. The number of hydrogen-bond donors (Lipinski definition) is 1. The number of anilines is 2. The van der Waals surface area contributed by atoms with Crippen molar-refractivity contribution in [3.63, 3.8) is 0 Å². The van der Waals surface area contributed by atoms with Crippen LogP contribution >= 0.6 is 0 Å². The van der Waals surface area contributed by atoms with Crippen molar-refractivity contribution in [3.05, 3.63) is 60.8 Å². The van der Waals surface area contributed by atoms with E-state index in [4.69, 9.17) is 14.5 Å². The summed E-state index contributed by atoms with van der Waals surface area (Å²) in [6.07, 6.45) is 1.78. The third-order valence-corrected chi connectivity index (χ3v) is 4.47. The predicted octanol–water partition coefficient (Wildman–Crippen LogP) is 4.40. The molecule has 2 heterocycles.